The number of para-hydroxylation sites is 1. The van der Waals surface area contributed by atoms with Crippen LogP contribution in [-0.2, 0) is 9.84 Å². The molecule has 0 saturated carbocycles. The number of sulfone groups is 1. The molecule has 0 unspecified atom stereocenters. The van der Waals surface area contributed by atoms with E-state index in [1.54, 1.807) is 38.1 Å². The van der Waals surface area contributed by atoms with Gasteiger partial charge in [-0.3, -0.25) is 4.79 Å². The normalized spacial score (nSPS) is 11.6. The molecular weight excluding hydrogens is 252 g/mol. The number of ether oxygens (including phenoxy) is 1. The minimum absolute atomic E-state index is 0.323. The van der Waals surface area contributed by atoms with Gasteiger partial charge in [-0.15, -0.1) is 0 Å². The second kappa shape index (κ2) is 6.00. The quantitative estimate of drug-likeness (QED) is 0.743. The maximum Gasteiger partial charge on any atom is 0.181 e. The molecule has 0 aliphatic heterocycles. The third kappa shape index (κ3) is 3.57. The van der Waals surface area contributed by atoms with Gasteiger partial charge in [-0.25, -0.2) is 8.42 Å². The van der Waals surface area contributed by atoms with E-state index in [4.69, 9.17) is 4.74 Å². The summed E-state index contributed by atoms with van der Waals surface area (Å²) in [6.45, 7) is 5.38. The van der Waals surface area contributed by atoms with E-state index in [0.717, 1.165) is 0 Å². The molecule has 0 atom stereocenters. The molecule has 0 heterocycles. The van der Waals surface area contributed by atoms with Crippen molar-refractivity contribution in [2.75, 3.05) is 12.4 Å². The predicted octanol–water partition coefficient (Wildman–Crippen LogP) is 2.09. The molecule has 0 aromatic heterocycles. The van der Waals surface area contributed by atoms with Gasteiger partial charge in [-0.1, -0.05) is 12.1 Å². The third-order valence-corrected chi connectivity index (χ3v) is 4.64. The van der Waals surface area contributed by atoms with Crippen molar-refractivity contribution in [3.63, 3.8) is 0 Å². The number of rotatable bonds is 6. The maximum absolute atomic E-state index is 12.0. The number of benzene rings is 1. The maximum atomic E-state index is 12.0. The van der Waals surface area contributed by atoms with Crippen molar-refractivity contribution in [2.45, 2.75) is 26.0 Å². The number of carbonyl (C=O) groups excluding carboxylic acids is 1. The van der Waals surface area contributed by atoms with Crippen LogP contribution < -0.4 is 4.74 Å². The largest absolute Gasteiger partial charge is 0.493 e. The Morgan fingerprint density at radius 3 is 2.44 bits per heavy atom. The molecule has 1 aromatic carbocycles. The molecule has 0 N–H and O–H groups in total. The highest BCUT2D eigenvalue weighted by Crippen LogP contribution is 2.19. The first kappa shape index (κ1) is 14.7. The molecule has 0 spiro atoms. The van der Waals surface area contributed by atoms with E-state index in [9.17, 15) is 13.2 Å². The minimum Gasteiger partial charge on any atom is -0.493 e. The van der Waals surface area contributed by atoms with Gasteiger partial charge in [-0.05, 0) is 32.9 Å². The smallest absolute Gasteiger partial charge is 0.181 e. The summed E-state index contributed by atoms with van der Waals surface area (Å²) < 4.78 is 28.8. The highest BCUT2D eigenvalue weighted by atomic mass is 32.2. The van der Waals surface area contributed by atoms with Crippen LogP contribution in [0, 0.1) is 0 Å². The lowest BCUT2D eigenvalue weighted by Gasteiger charge is -2.10. The first-order valence-corrected chi connectivity index (χ1v) is 7.56. The summed E-state index contributed by atoms with van der Waals surface area (Å²) in [5.74, 6) is -0.467. The summed E-state index contributed by atoms with van der Waals surface area (Å²) in [5, 5.41) is -0.555. The van der Waals surface area contributed by atoms with Gasteiger partial charge in [0.05, 0.1) is 17.4 Å². The Balaban J connectivity index is 2.98. The van der Waals surface area contributed by atoms with E-state index < -0.39 is 26.6 Å². The van der Waals surface area contributed by atoms with Crippen molar-refractivity contribution in [2.24, 2.45) is 0 Å². The molecular formula is C13H18O4S. The third-order valence-electron chi connectivity index (χ3n) is 2.54. The van der Waals surface area contributed by atoms with Gasteiger partial charge in [0.2, 0.25) is 0 Å². The van der Waals surface area contributed by atoms with Gasteiger partial charge in [0.25, 0.3) is 0 Å². The fraction of sp³-hybridized carbons (Fsp3) is 0.462. The molecule has 0 aliphatic rings. The molecule has 0 amide bonds. The van der Waals surface area contributed by atoms with E-state index in [-0.39, 0.29) is 0 Å². The molecule has 1 rings (SSSR count). The monoisotopic (exact) mass is 270 g/mol. The average Bonchev–Trinajstić information content (AvgIpc) is 2.29. The number of Topliss-reactive ketones (excluding diaryl/α,β-unsaturated/α-hetero) is 1. The molecule has 0 radical (unpaired) electrons. The summed E-state index contributed by atoms with van der Waals surface area (Å²) in [4.78, 5) is 12.0. The fourth-order valence-electron chi connectivity index (χ4n) is 1.41. The van der Waals surface area contributed by atoms with Crippen molar-refractivity contribution in [3.05, 3.63) is 29.8 Å². The van der Waals surface area contributed by atoms with E-state index in [0.29, 0.717) is 17.9 Å². The Morgan fingerprint density at radius 2 is 1.89 bits per heavy atom. The van der Waals surface area contributed by atoms with Crippen LogP contribution >= 0.6 is 0 Å². The van der Waals surface area contributed by atoms with Gasteiger partial charge in [0, 0.05) is 0 Å². The molecule has 4 nitrogen and oxygen atoms in total. The van der Waals surface area contributed by atoms with Crippen LogP contribution in [0.3, 0.4) is 0 Å². The summed E-state index contributed by atoms with van der Waals surface area (Å²) in [6, 6.07) is 6.69. The van der Waals surface area contributed by atoms with Crippen molar-refractivity contribution in [3.8, 4) is 5.75 Å². The zero-order chi connectivity index (χ0) is 13.8. The summed E-state index contributed by atoms with van der Waals surface area (Å²) >= 11 is 0. The second-order valence-electron chi connectivity index (χ2n) is 4.21. The van der Waals surface area contributed by atoms with Crippen LogP contribution in [0.15, 0.2) is 24.3 Å². The molecule has 0 bridgehead atoms. The lowest BCUT2D eigenvalue weighted by atomic mass is 10.1. The Labute approximate surface area is 108 Å². The zero-order valence-electron chi connectivity index (χ0n) is 10.8. The van der Waals surface area contributed by atoms with E-state index in [1.807, 2.05) is 6.92 Å². The summed E-state index contributed by atoms with van der Waals surface area (Å²) in [6.07, 6.45) is 0. The second-order valence-corrected chi connectivity index (χ2v) is 6.77. The highest BCUT2D eigenvalue weighted by Gasteiger charge is 2.23. The molecule has 5 heteroatoms. The number of carbonyl (C=O) groups is 1. The number of ketones is 1. The fourth-order valence-corrected chi connectivity index (χ4v) is 2.26. The van der Waals surface area contributed by atoms with Crippen LogP contribution in [0.2, 0.25) is 0 Å². The standard InChI is InChI=1S/C13H18O4S/c1-4-17-13-8-6-5-7-11(13)12(14)9-18(15,16)10(2)3/h5-8,10H,4,9H2,1-3H3. The Kier molecular flexibility index (Phi) is 4.90. The minimum atomic E-state index is -3.38. The molecule has 0 saturated heterocycles. The van der Waals surface area contributed by atoms with Gasteiger partial charge >= 0.3 is 0 Å². The van der Waals surface area contributed by atoms with Gasteiger partial charge in [-0.2, -0.15) is 0 Å². The zero-order valence-corrected chi connectivity index (χ0v) is 11.7. The number of hydrogen-bond acceptors (Lipinski definition) is 4. The summed E-state index contributed by atoms with van der Waals surface area (Å²) in [7, 11) is -3.38. The molecule has 0 aliphatic carbocycles. The van der Waals surface area contributed by atoms with Crippen LogP contribution in [-0.4, -0.2) is 31.8 Å². The van der Waals surface area contributed by atoms with E-state index in [1.165, 1.54) is 0 Å². The Hall–Kier alpha value is -1.36. The Morgan fingerprint density at radius 1 is 1.28 bits per heavy atom. The van der Waals surface area contributed by atoms with Gasteiger partial charge in [0.15, 0.2) is 15.6 Å². The van der Waals surface area contributed by atoms with Crippen LogP contribution in [0.5, 0.6) is 5.75 Å². The molecule has 18 heavy (non-hydrogen) atoms. The average molecular weight is 270 g/mol. The number of hydrogen-bond donors (Lipinski definition) is 0. The molecule has 1 aromatic rings. The van der Waals surface area contributed by atoms with E-state index >= 15 is 0 Å². The van der Waals surface area contributed by atoms with Crippen molar-refractivity contribution in [1.82, 2.24) is 0 Å². The Bertz CT molecular complexity index is 518. The first-order chi connectivity index (χ1) is 8.38. The van der Waals surface area contributed by atoms with Crippen molar-refractivity contribution in [1.29, 1.82) is 0 Å². The van der Waals surface area contributed by atoms with Gasteiger partial charge < -0.3 is 4.74 Å². The van der Waals surface area contributed by atoms with Crippen molar-refractivity contribution >= 4 is 15.6 Å². The van der Waals surface area contributed by atoms with Crippen LogP contribution in [0.4, 0.5) is 0 Å². The highest BCUT2D eigenvalue weighted by molar-refractivity contribution is 7.92. The lowest BCUT2D eigenvalue weighted by molar-refractivity contribution is 0.101. The van der Waals surface area contributed by atoms with E-state index in [2.05, 4.69) is 0 Å². The van der Waals surface area contributed by atoms with Gasteiger partial charge in [0.1, 0.15) is 11.5 Å². The topological polar surface area (TPSA) is 60.4 Å². The summed E-state index contributed by atoms with van der Waals surface area (Å²) in [5.41, 5.74) is 0.323. The van der Waals surface area contributed by atoms with Crippen LogP contribution in [0.1, 0.15) is 31.1 Å². The first-order valence-electron chi connectivity index (χ1n) is 5.85. The SMILES string of the molecule is CCOc1ccccc1C(=O)CS(=O)(=O)C(C)C. The molecule has 0 fully saturated rings. The lowest BCUT2D eigenvalue weighted by Crippen LogP contribution is -2.24. The van der Waals surface area contributed by atoms with Crippen LogP contribution in [0.25, 0.3) is 0 Å². The molecule has 100 valence electrons. The predicted molar refractivity (Wildman–Crippen MR) is 70.9 cm³/mol. The van der Waals surface area contributed by atoms with Crippen molar-refractivity contribution < 1.29 is 17.9 Å².